The lowest BCUT2D eigenvalue weighted by molar-refractivity contribution is -0.122. The molecule has 4 aromatic carbocycles. The lowest BCUT2D eigenvalue weighted by Gasteiger charge is -2.36. The summed E-state index contributed by atoms with van der Waals surface area (Å²) in [5.41, 5.74) is 5.43. The summed E-state index contributed by atoms with van der Waals surface area (Å²) in [6.07, 6.45) is 3.52. The molecule has 2 heteroatoms. The summed E-state index contributed by atoms with van der Waals surface area (Å²) in [7, 11) is 0. The molecule has 0 aromatic heterocycles. The Morgan fingerprint density at radius 2 is 1.18 bits per heavy atom. The molecule has 5 rings (SSSR count). The van der Waals surface area contributed by atoms with Crippen LogP contribution in [0.2, 0.25) is 0 Å². The van der Waals surface area contributed by atoms with Crippen molar-refractivity contribution in [3.05, 3.63) is 143 Å². The first-order valence-electron chi connectivity index (χ1n) is 11.8. The van der Waals surface area contributed by atoms with Crippen molar-refractivity contribution in [3.63, 3.8) is 0 Å². The predicted molar refractivity (Wildman–Crippen MR) is 134 cm³/mol. The van der Waals surface area contributed by atoms with E-state index in [1.807, 2.05) is 18.2 Å². The van der Waals surface area contributed by atoms with E-state index in [9.17, 15) is 4.79 Å². The van der Waals surface area contributed by atoms with E-state index in [-0.39, 0.29) is 11.9 Å². The molecule has 1 aliphatic carbocycles. The molecule has 33 heavy (non-hydrogen) atoms. The fourth-order valence-corrected chi connectivity index (χ4v) is 5.36. The second-order valence-electron chi connectivity index (χ2n) is 8.89. The van der Waals surface area contributed by atoms with Gasteiger partial charge in [-0.05, 0) is 47.1 Å². The van der Waals surface area contributed by atoms with Crippen molar-refractivity contribution in [1.82, 2.24) is 5.32 Å². The smallest absolute Gasteiger partial charge is 0.222 e. The van der Waals surface area contributed by atoms with Crippen LogP contribution in [0, 0.1) is 0 Å². The predicted octanol–water partition coefficient (Wildman–Crippen LogP) is 6.60. The van der Waals surface area contributed by atoms with E-state index in [1.54, 1.807) is 0 Å². The fraction of sp³-hybridized carbons (Fsp3) is 0.194. The van der Waals surface area contributed by atoms with Gasteiger partial charge in [0.15, 0.2) is 0 Å². The fourth-order valence-electron chi connectivity index (χ4n) is 5.36. The summed E-state index contributed by atoms with van der Waals surface area (Å²) in [6, 6.07) is 39.9. The van der Waals surface area contributed by atoms with Crippen LogP contribution < -0.4 is 5.32 Å². The van der Waals surface area contributed by atoms with Crippen LogP contribution >= 0.6 is 0 Å². The Labute approximate surface area is 196 Å². The third-order valence-electron chi connectivity index (χ3n) is 6.93. The Bertz CT molecular complexity index is 1100. The number of carbonyl (C=O) groups excluding carboxylic acids is 1. The zero-order valence-electron chi connectivity index (χ0n) is 18.8. The minimum Gasteiger partial charge on any atom is -0.349 e. The summed E-state index contributed by atoms with van der Waals surface area (Å²) < 4.78 is 0. The molecule has 0 heterocycles. The van der Waals surface area contributed by atoms with Crippen LogP contribution in [0.3, 0.4) is 0 Å². The van der Waals surface area contributed by atoms with Crippen LogP contribution in [-0.4, -0.2) is 5.91 Å². The van der Waals surface area contributed by atoms with Gasteiger partial charge in [-0.3, -0.25) is 4.79 Å². The number of amides is 1. The summed E-state index contributed by atoms with van der Waals surface area (Å²) in [6.45, 7) is 0. The number of hydrogen-bond donors (Lipinski definition) is 1. The third kappa shape index (κ3) is 4.21. The lowest BCUT2D eigenvalue weighted by Crippen LogP contribution is -2.39. The third-order valence-corrected chi connectivity index (χ3v) is 6.93. The zero-order valence-corrected chi connectivity index (χ0v) is 18.8. The van der Waals surface area contributed by atoms with Crippen molar-refractivity contribution in [2.45, 2.75) is 37.1 Å². The van der Waals surface area contributed by atoms with Gasteiger partial charge >= 0.3 is 0 Å². The van der Waals surface area contributed by atoms with Gasteiger partial charge in [-0.2, -0.15) is 0 Å². The molecular formula is C31H29NO. The van der Waals surface area contributed by atoms with Gasteiger partial charge in [-0.25, -0.2) is 0 Å². The van der Waals surface area contributed by atoms with Crippen LogP contribution in [0.4, 0.5) is 0 Å². The van der Waals surface area contributed by atoms with Gasteiger partial charge in [0.25, 0.3) is 0 Å². The van der Waals surface area contributed by atoms with Crippen molar-refractivity contribution in [1.29, 1.82) is 0 Å². The molecule has 164 valence electrons. The molecule has 0 spiro atoms. The molecule has 1 unspecified atom stereocenters. The van der Waals surface area contributed by atoms with Crippen LogP contribution in [0.25, 0.3) is 0 Å². The van der Waals surface area contributed by atoms with Gasteiger partial charge in [-0.1, -0.05) is 115 Å². The second-order valence-corrected chi connectivity index (χ2v) is 8.89. The molecule has 0 saturated heterocycles. The Hall–Kier alpha value is -3.65. The molecule has 0 saturated carbocycles. The molecule has 0 aliphatic heterocycles. The van der Waals surface area contributed by atoms with Crippen molar-refractivity contribution < 1.29 is 4.79 Å². The second kappa shape index (κ2) is 9.46. The van der Waals surface area contributed by atoms with Gasteiger partial charge < -0.3 is 5.32 Å². The van der Waals surface area contributed by atoms with Gasteiger partial charge in [0.05, 0.1) is 11.5 Å². The first-order valence-corrected chi connectivity index (χ1v) is 11.8. The maximum Gasteiger partial charge on any atom is 0.222 e. The number of aryl methyl sites for hydroxylation is 1. The highest BCUT2D eigenvalue weighted by atomic mass is 16.1. The highest BCUT2D eigenvalue weighted by Crippen LogP contribution is 2.42. The topological polar surface area (TPSA) is 29.1 Å². The average Bonchev–Trinajstić information content (AvgIpc) is 2.89. The maximum absolute atomic E-state index is 13.7. The summed E-state index contributed by atoms with van der Waals surface area (Å²) in [4.78, 5) is 13.7. The molecule has 0 radical (unpaired) electrons. The molecule has 1 amide bonds. The quantitative estimate of drug-likeness (QED) is 0.342. The van der Waals surface area contributed by atoms with Crippen molar-refractivity contribution in [2.24, 2.45) is 0 Å². The molecule has 0 fully saturated rings. The lowest BCUT2D eigenvalue weighted by atomic mass is 9.67. The Kier molecular flexibility index (Phi) is 6.08. The maximum atomic E-state index is 13.7. The van der Waals surface area contributed by atoms with E-state index in [2.05, 4.69) is 102 Å². The normalized spacial score (nSPS) is 15.5. The van der Waals surface area contributed by atoms with E-state index < -0.39 is 5.41 Å². The van der Waals surface area contributed by atoms with Crippen LogP contribution in [-0.2, 0) is 16.6 Å². The Morgan fingerprint density at radius 1 is 0.697 bits per heavy atom. The summed E-state index contributed by atoms with van der Waals surface area (Å²) in [5, 5.41) is 3.40. The van der Waals surface area contributed by atoms with Crippen LogP contribution in [0.5, 0.6) is 0 Å². The van der Waals surface area contributed by atoms with Gasteiger partial charge in [-0.15, -0.1) is 0 Å². The highest BCUT2D eigenvalue weighted by Gasteiger charge is 2.39. The zero-order chi connectivity index (χ0) is 22.5. The van der Waals surface area contributed by atoms with E-state index >= 15 is 0 Å². The first-order chi connectivity index (χ1) is 16.3. The van der Waals surface area contributed by atoms with Gasteiger partial charge in [0.1, 0.15) is 0 Å². The standard InChI is InChI=1S/C31H29NO/c33-30(32-29-22-12-14-24-13-10-11-21-28(24)29)23-31(25-15-4-1-5-16-25,26-17-6-2-7-18-26)27-19-8-3-9-20-27/h1-11,13,15-21,29H,12,14,22-23H2,(H,32,33). The van der Waals surface area contributed by atoms with E-state index in [1.165, 1.54) is 11.1 Å². The number of rotatable bonds is 6. The average molecular weight is 432 g/mol. The van der Waals surface area contributed by atoms with E-state index in [0.29, 0.717) is 6.42 Å². The van der Waals surface area contributed by atoms with Gasteiger partial charge in [0.2, 0.25) is 5.91 Å². The number of nitrogens with one attached hydrogen (secondary N) is 1. The van der Waals surface area contributed by atoms with E-state index in [4.69, 9.17) is 0 Å². The monoisotopic (exact) mass is 431 g/mol. The molecule has 1 N–H and O–H groups in total. The Morgan fingerprint density at radius 3 is 1.73 bits per heavy atom. The largest absolute Gasteiger partial charge is 0.349 e. The minimum atomic E-state index is -0.567. The number of fused-ring (bicyclic) bond motifs is 1. The van der Waals surface area contributed by atoms with E-state index in [0.717, 1.165) is 36.0 Å². The molecular weight excluding hydrogens is 402 g/mol. The number of carbonyl (C=O) groups is 1. The van der Waals surface area contributed by atoms with Crippen molar-refractivity contribution in [3.8, 4) is 0 Å². The van der Waals surface area contributed by atoms with Crippen LogP contribution in [0.1, 0.15) is 53.1 Å². The minimum absolute atomic E-state index is 0.0717. The Balaban J connectivity index is 1.56. The molecule has 1 atom stereocenters. The molecule has 2 nitrogen and oxygen atoms in total. The first kappa shape index (κ1) is 21.2. The van der Waals surface area contributed by atoms with Crippen molar-refractivity contribution >= 4 is 5.91 Å². The van der Waals surface area contributed by atoms with Crippen molar-refractivity contribution in [2.75, 3.05) is 0 Å². The molecule has 0 bridgehead atoms. The van der Waals surface area contributed by atoms with Gasteiger partial charge in [0, 0.05) is 6.42 Å². The summed E-state index contributed by atoms with van der Waals surface area (Å²) >= 11 is 0. The molecule has 1 aliphatic rings. The highest BCUT2D eigenvalue weighted by molar-refractivity contribution is 5.80. The van der Waals surface area contributed by atoms with Crippen LogP contribution in [0.15, 0.2) is 115 Å². The summed E-state index contributed by atoms with van der Waals surface area (Å²) in [5.74, 6) is 0.0771. The SMILES string of the molecule is O=C(CC(c1ccccc1)(c1ccccc1)c1ccccc1)NC1CCCc2ccccc21. The number of hydrogen-bond acceptors (Lipinski definition) is 1. The molecule has 4 aromatic rings. The number of benzene rings is 4.